The Morgan fingerprint density at radius 1 is 1.18 bits per heavy atom. The average molecular weight is 304 g/mol. The van der Waals surface area contributed by atoms with Gasteiger partial charge in [-0.1, -0.05) is 26.0 Å². The summed E-state index contributed by atoms with van der Waals surface area (Å²) >= 11 is 0. The Bertz CT molecular complexity index is 480. The van der Waals surface area contributed by atoms with Gasteiger partial charge in [-0.25, -0.2) is 4.79 Å². The highest BCUT2D eigenvalue weighted by molar-refractivity contribution is 5.87. The highest BCUT2D eigenvalue weighted by Gasteiger charge is 2.09. The molecule has 1 aromatic rings. The van der Waals surface area contributed by atoms with Crippen LogP contribution in [0.3, 0.4) is 0 Å². The lowest BCUT2D eigenvalue weighted by atomic mass is 9.92. The smallest absolute Gasteiger partial charge is 0.335 e. The molecule has 1 aromatic carbocycles. The van der Waals surface area contributed by atoms with Crippen molar-refractivity contribution in [3.8, 4) is 0 Å². The number of carboxylic acids is 1. The van der Waals surface area contributed by atoms with Gasteiger partial charge < -0.3 is 16.2 Å². The average Bonchev–Trinajstić information content (AvgIpc) is 2.43. The predicted octanol–water partition coefficient (Wildman–Crippen LogP) is 3.34. The zero-order chi connectivity index (χ0) is 16.5. The number of hydrogen-bond donors (Lipinski definition) is 3. The molecule has 0 spiro atoms. The monoisotopic (exact) mass is 304 g/mol. The number of hydrogen-bond acceptors (Lipinski definition) is 3. The van der Waals surface area contributed by atoms with Gasteiger partial charge in [-0.2, -0.15) is 0 Å². The molecule has 0 saturated carbocycles. The number of carbonyl (C=O) groups is 1. The molecule has 122 valence electrons. The number of rotatable bonds is 9. The van der Waals surface area contributed by atoms with Crippen LogP contribution in [-0.4, -0.2) is 23.7 Å². The quantitative estimate of drug-likeness (QED) is 0.654. The standard InChI is InChI=1S/C18H28N2O2/c1-13(11-15(3)19)10-14(2)12-20-9-8-16-4-6-17(7-5-16)18(21)22/h4-9,13-15,20H,10-12,19H2,1-3H3,(H,21,22). The second-order valence-electron chi connectivity index (χ2n) is 6.33. The van der Waals surface area contributed by atoms with Crippen LogP contribution >= 0.6 is 0 Å². The van der Waals surface area contributed by atoms with Crippen LogP contribution in [0.25, 0.3) is 6.08 Å². The molecule has 22 heavy (non-hydrogen) atoms. The third kappa shape index (κ3) is 7.27. The largest absolute Gasteiger partial charge is 0.478 e. The van der Waals surface area contributed by atoms with Gasteiger partial charge in [0.15, 0.2) is 0 Å². The Labute approximate surface area is 133 Å². The van der Waals surface area contributed by atoms with E-state index in [1.807, 2.05) is 12.3 Å². The minimum absolute atomic E-state index is 0.267. The molecular weight excluding hydrogens is 276 g/mol. The molecule has 4 nitrogen and oxygen atoms in total. The fourth-order valence-corrected chi connectivity index (χ4v) is 2.66. The Hall–Kier alpha value is -1.81. The number of nitrogens with two attached hydrogens (primary N) is 1. The van der Waals surface area contributed by atoms with Gasteiger partial charge in [0, 0.05) is 12.6 Å². The van der Waals surface area contributed by atoms with Crippen LogP contribution in [0.1, 0.15) is 49.5 Å². The second kappa shape index (κ2) is 9.26. The molecule has 4 heteroatoms. The van der Waals surface area contributed by atoms with Crippen molar-refractivity contribution in [2.24, 2.45) is 17.6 Å². The summed E-state index contributed by atoms with van der Waals surface area (Å²) in [6.07, 6.45) is 6.10. The summed E-state index contributed by atoms with van der Waals surface area (Å²) in [5, 5.41) is 12.1. The maximum Gasteiger partial charge on any atom is 0.335 e. The fourth-order valence-electron chi connectivity index (χ4n) is 2.66. The third-order valence-electron chi connectivity index (χ3n) is 3.60. The topological polar surface area (TPSA) is 75.3 Å². The number of benzene rings is 1. The van der Waals surface area contributed by atoms with Crippen LogP contribution in [-0.2, 0) is 0 Å². The van der Waals surface area contributed by atoms with E-state index in [2.05, 4.69) is 26.1 Å². The number of aromatic carboxylic acids is 1. The maximum atomic E-state index is 10.8. The van der Waals surface area contributed by atoms with Crippen molar-refractivity contribution >= 4 is 12.0 Å². The van der Waals surface area contributed by atoms with Gasteiger partial charge in [0.2, 0.25) is 0 Å². The summed E-state index contributed by atoms with van der Waals surface area (Å²) in [5.74, 6) is 0.334. The maximum absolute atomic E-state index is 10.8. The van der Waals surface area contributed by atoms with Gasteiger partial charge in [-0.05, 0) is 61.6 Å². The predicted molar refractivity (Wildman–Crippen MR) is 91.6 cm³/mol. The zero-order valence-corrected chi connectivity index (χ0v) is 13.8. The van der Waals surface area contributed by atoms with Crippen molar-refractivity contribution in [2.75, 3.05) is 6.54 Å². The van der Waals surface area contributed by atoms with Crippen LogP contribution in [0, 0.1) is 11.8 Å². The van der Waals surface area contributed by atoms with Crippen LogP contribution in [0.5, 0.6) is 0 Å². The summed E-state index contributed by atoms with van der Waals surface area (Å²) in [6.45, 7) is 7.46. The van der Waals surface area contributed by atoms with E-state index in [-0.39, 0.29) is 6.04 Å². The van der Waals surface area contributed by atoms with Crippen molar-refractivity contribution in [1.29, 1.82) is 0 Å². The Morgan fingerprint density at radius 2 is 1.82 bits per heavy atom. The van der Waals surface area contributed by atoms with Gasteiger partial charge in [-0.15, -0.1) is 0 Å². The van der Waals surface area contributed by atoms with Crippen molar-refractivity contribution < 1.29 is 9.90 Å². The summed E-state index contributed by atoms with van der Waals surface area (Å²) in [6, 6.07) is 7.09. The zero-order valence-electron chi connectivity index (χ0n) is 13.8. The van der Waals surface area contributed by atoms with Crippen LogP contribution in [0.2, 0.25) is 0 Å². The molecule has 0 aliphatic carbocycles. The molecule has 0 amide bonds. The minimum atomic E-state index is -0.900. The molecule has 3 unspecified atom stereocenters. The Morgan fingerprint density at radius 3 is 2.36 bits per heavy atom. The fraction of sp³-hybridized carbons (Fsp3) is 0.500. The molecule has 4 N–H and O–H groups in total. The number of nitrogens with one attached hydrogen (secondary N) is 1. The first-order valence-electron chi connectivity index (χ1n) is 7.87. The SMILES string of the molecule is CC(N)CC(C)CC(C)CNC=Cc1ccc(C(=O)O)cc1. The van der Waals surface area contributed by atoms with Gasteiger partial charge in [0.25, 0.3) is 0 Å². The lowest BCUT2D eigenvalue weighted by molar-refractivity contribution is 0.0697. The molecule has 0 saturated heterocycles. The number of carboxylic acid groups (broad SMARTS) is 1. The van der Waals surface area contributed by atoms with E-state index in [1.54, 1.807) is 24.3 Å². The van der Waals surface area contributed by atoms with Gasteiger partial charge in [0.1, 0.15) is 0 Å². The lowest BCUT2D eigenvalue weighted by Gasteiger charge is -2.18. The molecule has 0 aliphatic heterocycles. The lowest BCUT2D eigenvalue weighted by Crippen LogP contribution is -2.22. The molecule has 3 atom stereocenters. The Kier molecular flexibility index (Phi) is 7.67. The van der Waals surface area contributed by atoms with Crippen molar-refractivity contribution in [1.82, 2.24) is 5.32 Å². The summed E-state index contributed by atoms with van der Waals surface area (Å²) in [7, 11) is 0. The molecular formula is C18H28N2O2. The summed E-state index contributed by atoms with van der Waals surface area (Å²) < 4.78 is 0. The highest BCUT2D eigenvalue weighted by Crippen LogP contribution is 2.15. The molecule has 0 bridgehead atoms. The molecule has 0 radical (unpaired) electrons. The third-order valence-corrected chi connectivity index (χ3v) is 3.60. The molecule has 0 aromatic heterocycles. The first-order valence-corrected chi connectivity index (χ1v) is 7.87. The van der Waals surface area contributed by atoms with Gasteiger partial charge >= 0.3 is 5.97 Å². The van der Waals surface area contributed by atoms with Gasteiger partial charge in [0.05, 0.1) is 5.56 Å². The van der Waals surface area contributed by atoms with E-state index in [1.165, 1.54) is 0 Å². The molecule has 0 aliphatic rings. The van der Waals surface area contributed by atoms with E-state index in [4.69, 9.17) is 10.8 Å². The van der Waals surface area contributed by atoms with E-state index >= 15 is 0 Å². The van der Waals surface area contributed by atoms with Crippen molar-refractivity contribution in [3.05, 3.63) is 41.6 Å². The molecule has 0 fully saturated rings. The van der Waals surface area contributed by atoms with E-state index in [0.29, 0.717) is 17.4 Å². The highest BCUT2D eigenvalue weighted by atomic mass is 16.4. The molecule has 0 heterocycles. The molecule has 1 rings (SSSR count). The second-order valence-corrected chi connectivity index (χ2v) is 6.33. The van der Waals surface area contributed by atoms with E-state index in [0.717, 1.165) is 24.9 Å². The minimum Gasteiger partial charge on any atom is -0.478 e. The first kappa shape index (κ1) is 18.2. The van der Waals surface area contributed by atoms with Crippen LogP contribution in [0.15, 0.2) is 30.5 Å². The van der Waals surface area contributed by atoms with Gasteiger partial charge in [-0.3, -0.25) is 0 Å². The summed E-state index contributed by atoms with van der Waals surface area (Å²) in [5.41, 5.74) is 7.11. The van der Waals surface area contributed by atoms with Crippen molar-refractivity contribution in [3.63, 3.8) is 0 Å². The van der Waals surface area contributed by atoms with Crippen LogP contribution in [0.4, 0.5) is 0 Å². The first-order chi connectivity index (χ1) is 10.4. The van der Waals surface area contributed by atoms with E-state index in [9.17, 15) is 4.79 Å². The van der Waals surface area contributed by atoms with E-state index < -0.39 is 5.97 Å². The Balaban J connectivity index is 2.32. The normalized spacial score (nSPS) is 15.5. The van der Waals surface area contributed by atoms with Crippen molar-refractivity contribution in [2.45, 2.75) is 39.7 Å². The van der Waals surface area contributed by atoms with Crippen LogP contribution < -0.4 is 11.1 Å². The summed E-state index contributed by atoms with van der Waals surface area (Å²) in [4.78, 5) is 10.8.